The first-order chi connectivity index (χ1) is 6.43. The molecule has 13 heavy (non-hydrogen) atoms. The maximum atomic E-state index is 8.07. The van der Waals surface area contributed by atoms with Crippen molar-refractivity contribution in [3.8, 4) is 6.19 Å². The largest absolute Gasteiger partial charge is 0.257 e. The monoisotopic (exact) mass is 170 g/mol. The summed E-state index contributed by atoms with van der Waals surface area (Å²) in [7, 11) is 0. The second-order valence-corrected chi connectivity index (χ2v) is 2.18. The van der Waals surface area contributed by atoms with E-state index in [0.29, 0.717) is 0 Å². The fourth-order valence-corrected chi connectivity index (χ4v) is 0.758. The molecule has 0 saturated heterocycles. The molecule has 1 aromatic rings. The Morgan fingerprint density at radius 3 is 2.69 bits per heavy atom. The van der Waals surface area contributed by atoms with Gasteiger partial charge in [0.05, 0.1) is 5.69 Å². The Labute approximate surface area is 77.0 Å². The predicted molar refractivity (Wildman–Crippen MR) is 51.5 cm³/mol. The number of para-hydroxylation sites is 1. The molecule has 3 nitrogen and oxygen atoms in total. The van der Waals surface area contributed by atoms with Crippen molar-refractivity contribution >= 4 is 11.9 Å². The van der Waals surface area contributed by atoms with E-state index in [1.54, 1.807) is 18.5 Å². The average Bonchev–Trinajstić information content (AvgIpc) is 2.19. The number of nitriles is 1. The van der Waals surface area contributed by atoms with Gasteiger partial charge in [-0.25, -0.2) is 0 Å². The number of benzene rings is 1. The van der Waals surface area contributed by atoms with E-state index in [-0.39, 0.29) is 0 Å². The molecular weight excluding hydrogens is 162 g/mol. The van der Waals surface area contributed by atoms with Crippen LogP contribution < -0.4 is 5.32 Å². The van der Waals surface area contributed by atoms with E-state index in [9.17, 15) is 0 Å². The topological polar surface area (TPSA) is 50.2 Å². The maximum Gasteiger partial charge on any atom is 0.205 e. The van der Waals surface area contributed by atoms with Crippen LogP contribution in [0.15, 0.2) is 47.6 Å². The Morgan fingerprint density at radius 1 is 1.23 bits per heavy atom. The van der Waals surface area contributed by atoms with E-state index in [1.165, 1.54) is 6.20 Å². The highest BCUT2D eigenvalue weighted by atomic mass is 14.8. The zero-order valence-electron chi connectivity index (χ0n) is 6.96. The van der Waals surface area contributed by atoms with Gasteiger partial charge in [0.1, 0.15) is 0 Å². The van der Waals surface area contributed by atoms with Crippen LogP contribution in [0.2, 0.25) is 0 Å². The van der Waals surface area contributed by atoms with Gasteiger partial charge in [-0.2, -0.15) is 10.6 Å². The zero-order chi connectivity index (χ0) is 9.36. The van der Waals surface area contributed by atoms with Crippen LogP contribution in [-0.4, -0.2) is 6.21 Å². The van der Waals surface area contributed by atoms with Crippen LogP contribution in [0.4, 0.5) is 5.69 Å². The summed E-state index contributed by atoms with van der Waals surface area (Å²) < 4.78 is 0. The minimum absolute atomic E-state index is 0.879. The molecule has 0 spiro atoms. The van der Waals surface area contributed by atoms with E-state index in [2.05, 4.69) is 10.3 Å². The molecule has 0 bridgehead atoms. The highest BCUT2D eigenvalue weighted by molar-refractivity contribution is 5.74. The summed E-state index contributed by atoms with van der Waals surface area (Å²) in [5.41, 5.74) is 0.879. The Bertz CT molecular complexity index is 333. The summed E-state index contributed by atoms with van der Waals surface area (Å²) in [4.78, 5) is 4.10. The highest BCUT2D eigenvalue weighted by Gasteiger charge is 1.80. The Morgan fingerprint density at radius 2 is 2.00 bits per heavy atom. The molecule has 0 aromatic heterocycles. The van der Waals surface area contributed by atoms with Crippen LogP contribution in [0.3, 0.4) is 0 Å². The minimum Gasteiger partial charge on any atom is -0.257 e. The minimum atomic E-state index is 0.879. The van der Waals surface area contributed by atoms with E-state index >= 15 is 0 Å². The smallest absolute Gasteiger partial charge is 0.205 e. The molecular formula is C10H8N3. The van der Waals surface area contributed by atoms with Crippen molar-refractivity contribution < 1.29 is 0 Å². The molecule has 0 N–H and O–H groups in total. The van der Waals surface area contributed by atoms with Crippen LogP contribution in [-0.2, 0) is 0 Å². The third-order valence-corrected chi connectivity index (χ3v) is 1.28. The van der Waals surface area contributed by atoms with Crippen molar-refractivity contribution in [1.29, 1.82) is 5.26 Å². The molecule has 0 atom stereocenters. The third-order valence-electron chi connectivity index (χ3n) is 1.28. The molecule has 0 amide bonds. The summed E-state index contributed by atoms with van der Waals surface area (Å²) >= 11 is 0. The van der Waals surface area contributed by atoms with E-state index in [1.807, 2.05) is 30.3 Å². The van der Waals surface area contributed by atoms with Gasteiger partial charge in [0, 0.05) is 12.4 Å². The maximum absolute atomic E-state index is 8.07. The van der Waals surface area contributed by atoms with E-state index < -0.39 is 0 Å². The SMILES string of the molecule is N#C[N]/C=C/C=N/c1ccccc1. The van der Waals surface area contributed by atoms with Crippen molar-refractivity contribution in [3.05, 3.63) is 42.6 Å². The normalized spacial score (nSPS) is 10.4. The molecule has 1 rings (SSSR count). The number of allylic oxidation sites excluding steroid dienone is 1. The Kier molecular flexibility index (Phi) is 3.85. The third kappa shape index (κ3) is 3.73. The van der Waals surface area contributed by atoms with Crippen LogP contribution >= 0.6 is 0 Å². The lowest BCUT2D eigenvalue weighted by Crippen LogP contribution is -1.79. The van der Waals surface area contributed by atoms with Crippen LogP contribution in [0.5, 0.6) is 0 Å². The van der Waals surface area contributed by atoms with Gasteiger partial charge in [-0.3, -0.25) is 4.99 Å². The summed E-state index contributed by atoms with van der Waals surface area (Å²) in [5, 5.41) is 11.4. The Hall–Kier alpha value is -2.08. The van der Waals surface area contributed by atoms with Crippen molar-refractivity contribution in [2.75, 3.05) is 0 Å². The molecule has 0 fully saturated rings. The quantitative estimate of drug-likeness (QED) is 0.505. The lowest BCUT2D eigenvalue weighted by atomic mass is 10.3. The van der Waals surface area contributed by atoms with Gasteiger partial charge in [-0.05, 0) is 18.2 Å². The first kappa shape index (κ1) is 9.01. The predicted octanol–water partition coefficient (Wildman–Crippen LogP) is 1.99. The fraction of sp³-hybridized carbons (Fsp3) is 0. The first-order valence-corrected chi connectivity index (χ1v) is 3.76. The molecule has 0 heterocycles. The molecule has 0 saturated carbocycles. The lowest BCUT2D eigenvalue weighted by molar-refractivity contribution is 1.18. The van der Waals surface area contributed by atoms with Gasteiger partial charge < -0.3 is 0 Å². The molecule has 3 heteroatoms. The van der Waals surface area contributed by atoms with Crippen molar-refractivity contribution in [1.82, 2.24) is 5.32 Å². The lowest BCUT2D eigenvalue weighted by Gasteiger charge is -1.87. The van der Waals surface area contributed by atoms with Gasteiger partial charge in [-0.1, -0.05) is 18.2 Å². The number of hydrogen-bond acceptors (Lipinski definition) is 2. The number of nitrogens with zero attached hydrogens (tertiary/aromatic N) is 3. The summed E-state index contributed by atoms with van der Waals surface area (Å²) in [5.74, 6) is 0. The first-order valence-electron chi connectivity index (χ1n) is 3.76. The van der Waals surface area contributed by atoms with Crippen LogP contribution in [0, 0.1) is 11.5 Å². The van der Waals surface area contributed by atoms with Gasteiger partial charge in [0.2, 0.25) is 6.19 Å². The Balaban J connectivity index is 2.46. The molecule has 1 aromatic carbocycles. The highest BCUT2D eigenvalue weighted by Crippen LogP contribution is 2.07. The molecule has 1 radical (unpaired) electrons. The van der Waals surface area contributed by atoms with Crippen molar-refractivity contribution in [2.24, 2.45) is 4.99 Å². The summed E-state index contributed by atoms with van der Waals surface area (Å²) in [6.45, 7) is 0. The number of hydrogen-bond donors (Lipinski definition) is 0. The zero-order valence-corrected chi connectivity index (χ0v) is 6.96. The molecule has 0 aliphatic rings. The van der Waals surface area contributed by atoms with Crippen LogP contribution in [0.25, 0.3) is 0 Å². The van der Waals surface area contributed by atoms with E-state index in [0.717, 1.165) is 5.69 Å². The number of rotatable bonds is 3. The number of aliphatic imine (C=N–C) groups is 1. The summed E-state index contributed by atoms with van der Waals surface area (Å²) in [6, 6.07) is 9.55. The molecule has 63 valence electrons. The van der Waals surface area contributed by atoms with Gasteiger partial charge in [0.15, 0.2) is 0 Å². The van der Waals surface area contributed by atoms with E-state index in [4.69, 9.17) is 5.26 Å². The second kappa shape index (κ2) is 5.56. The summed E-state index contributed by atoms with van der Waals surface area (Å²) in [6.07, 6.45) is 6.24. The second-order valence-electron chi connectivity index (χ2n) is 2.18. The van der Waals surface area contributed by atoms with Crippen molar-refractivity contribution in [3.63, 3.8) is 0 Å². The van der Waals surface area contributed by atoms with Gasteiger partial charge >= 0.3 is 0 Å². The van der Waals surface area contributed by atoms with Crippen molar-refractivity contribution in [2.45, 2.75) is 0 Å². The molecule has 0 aliphatic heterocycles. The van der Waals surface area contributed by atoms with Gasteiger partial charge in [-0.15, -0.1) is 0 Å². The fourth-order valence-electron chi connectivity index (χ4n) is 0.758. The van der Waals surface area contributed by atoms with Crippen LogP contribution in [0.1, 0.15) is 0 Å². The average molecular weight is 170 g/mol. The van der Waals surface area contributed by atoms with Gasteiger partial charge in [0.25, 0.3) is 0 Å². The standard InChI is InChI=1S/C10H8N3/c11-9-12-7-4-8-13-10-5-2-1-3-6-10/h1-8H/b7-4+,13-8+. The molecule has 0 unspecified atom stereocenters. The molecule has 0 aliphatic carbocycles.